The zero-order chi connectivity index (χ0) is 42.1. The molecule has 1 aliphatic rings. The Morgan fingerprint density at radius 3 is 1.92 bits per heavy atom. The number of fused-ring (bicyclic) bond motifs is 3. The van der Waals surface area contributed by atoms with Crippen LogP contribution in [0.15, 0.2) is 186 Å². The number of nitrogens with zero attached hydrogens (tertiary/aromatic N) is 2. The van der Waals surface area contributed by atoms with Crippen LogP contribution in [0.3, 0.4) is 0 Å². The van der Waals surface area contributed by atoms with Crippen molar-refractivity contribution in [3.8, 4) is 33.4 Å². The van der Waals surface area contributed by atoms with Crippen LogP contribution in [0.5, 0.6) is 0 Å². The quantitative estimate of drug-likeness (QED) is 0.190. The lowest BCUT2D eigenvalue weighted by molar-refractivity contribution is 0.756. The number of thiophene rings is 1. The number of aliphatic imine (C=N–C) groups is 2. The summed E-state index contributed by atoms with van der Waals surface area (Å²) < 4.78 is 97.9. The molecule has 1 N–H and O–H groups in total. The maximum Gasteiger partial charge on any atom is 0.169 e. The summed E-state index contributed by atoms with van der Waals surface area (Å²) in [7, 11) is 0. The van der Waals surface area contributed by atoms with Crippen molar-refractivity contribution in [1.29, 1.82) is 0 Å². The highest BCUT2D eigenvalue weighted by Gasteiger charge is 2.22. The van der Waals surface area contributed by atoms with E-state index in [1.807, 2.05) is 109 Å². The SMILES string of the molecule is [2H]c1c([2H])c(C2=NC(c3cccc(-c4ccccc4)c3)N=C(c3ccc(-c4ccccc4)cc3)N2)c([2H])c(-c2c([2H])c([2H])c([2H])c3c2sc2c([2H])c([2H])c([2H])c([2H])c23)c1[2H]. The van der Waals surface area contributed by atoms with Crippen molar-refractivity contribution in [2.24, 2.45) is 9.98 Å². The van der Waals surface area contributed by atoms with Gasteiger partial charge in [-0.05, 0) is 57.1 Å². The summed E-state index contributed by atoms with van der Waals surface area (Å²) in [6.07, 6.45) is -0.881. The molecular formula is C45H31N3S. The second kappa shape index (κ2) is 12.5. The number of benzene rings is 7. The van der Waals surface area contributed by atoms with Crippen molar-refractivity contribution in [3.63, 3.8) is 0 Å². The molecule has 4 heteroatoms. The van der Waals surface area contributed by atoms with E-state index in [1.165, 1.54) is 0 Å². The normalized spacial score (nSPS) is 17.5. The van der Waals surface area contributed by atoms with Gasteiger partial charge >= 0.3 is 0 Å². The van der Waals surface area contributed by atoms with Crippen LogP contribution < -0.4 is 5.32 Å². The van der Waals surface area contributed by atoms with Gasteiger partial charge in [-0.25, -0.2) is 9.98 Å². The maximum absolute atomic E-state index is 9.69. The monoisotopic (exact) mass is 656 g/mol. The van der Waals surface area contributed by atoms with Crippen LogP contribution in [-0.4, -0.2) is 11.7 Å². The zero-order valence-corrected chi connectivity index (χ0v) is 26.6. The topological polar surface area (TPSA) is 36.8 Å². The molecule has 0 radical (unpaired) electrons. The van der Waals surface area contributed by atoms with Crippen molar-refractivity contribution in [1.82, 2.24) is 5.32 Å². The number of nitrogens with one attached hydrogen (secondary N) is 1. The van der Waals surface area contributed by atoms with Crippen molar-refractivity contribution < 1.29 is 15.1 Å². The van der Waals surface area contributed by atoms with Gasteiger partial charge in [0.05, 0.1) is 15.1 Å². The van der Waals surface area contributed by atoms with Gasteiger partial charge in [-0.3, -0.25) is 0 Å². The number of hydrogen-bond donors (Lipinski definition) is 1. The van der Waals surface area contributed by atoms with Gasteiger partial charge in [0.25, 0.3) is 0 Å². The summed E-state index contributed by atoms with van der Waals surface area (Å²) in [5.74, 6) is 0.397. The van der Waals surface area contributed by atoms with Gasteiger partial charge in [0, 0.05) is 31.3 Å². The molecule has 7 aromatic carbocycles. The van der Waals surface area contributed by atoms with E-state index in [4.69, 9.17) is 22.3 Å². The summed E-state index contributed by atoms with van der Waals surface area (Å²) in [5, 5.41) is 3.22. The van der Waals surface area contributed by atoms with Crippen LogP contribution in [0.4, 0.5) is 0 Å². The van der Waals surface area contributed by atoms with E-state index < -0.39 is 66.6 Å². The van der Waals surface area contributed by atoms with Crippen LogP contribution in [0.1, 0.15) is 37.9 Å². The Morgan fingerprint density at radius 2 is 1.12 bits per heavy atom. The Morgan fingerprint density at radius 1 is 0.510 bits per heavy atom. The molecule has 232 valence electrons. The summed E-state index contributed by atoms with van der Waals surface area (Å²) >= 11 is 0.873. The minimum absolute atomic E-state index is 0.000256. The Balaban J connectivity index is 1.27. The molecule has 2 heterocycles. The van der Waals surface area contributed by atoms with Crippen molar-refractivity contribution in [2.45, 2.75) is 6.17 Å². The molecule has 0 saturated carbocycles. The smallest absolute Gasteiger partial charge is 0.169 e. The van der Waals surface area contributed by atoms with E-state index in [0.717, 1.165) is 33.6 Å². The molecule has 49 heavy (non-hydrogen) atoms. The summed E-state index contributed by atoms with van der Waals surface area (Å²) in [6, 6.07) is 29.8. The predicted molar refractivity (Wildman–Crippen MR) is 207 cm³/mol. The minimum Gasteiger partial charge on any atom is -0.324 e. The summed E-state index contributed by atoms with van der Waals surface area (Å²) in [5.41, 5.74) is 4.73. The first kappa shape index (κ1) is 19.7. The zero-order valence-electron chi connectivity index (χ0n) is 36.8. The molecule has 8 aromatic rings. The van der Waals surface area contributed by atoms with E-state index in [2.05, 4.69) is 5.32 Å². The van der Waals surface area contributed by atoms with Crippen molar-refractivity contribution in [3.05, 3.63) is 192 Å². The van der Waals surface area contributed by atoms with E-state index in [0.29, 0.717) is 17.0 Å². The number of rotatable bonds is 6. The molecule has 0 spiro atoms. The van der Waals surface area contributed by atoms with E-state index in [1.54, 1.807) is 0 Å². The third-order valence-electron chi connectivity index (χ3n) is 8.35. The molecule has 1 aliphatic heterocycles. The first-order chi connectivity index (χ1) is 28.8. The van der Waals surface area contributed by atoms with Crippen LogP contribution in [0, 0.1) is 0 Å². The van der Waals surface area contributed by atoms with Gasteiger partial charge in [-0.1, -0.05) is 158 Å². The van der Waals surface area contributed by atoms with Crippen LogP contribution in [-0.2, 0) is 0 Å². The maximum atomic E-state index is 9.69. The Bertz CT molecular complexity index is 3130. The first-order valence-corrected chi connectivity index (χ1v) is 16.4. The van der Waals surface area contributed by atoms with Gasteiger partial charge in [-0.2, -0.15) is 0 Å². The number of amidine groups is 2. The van der Waals surface area contributed by atoms with Crippen molar-refractivity contribution >= 4 is 43.2 Å². The van der Waals surface area contributed by atoms with Crippen molar-refractivity contribution in [2.75, 3.05) is 0 Å². The Kier molecular flexibility index (Phi) is 5.01. The molecule has 0 aliphatic carbocycles. The lowest BCUT2D eigenvalue weighted by Gasteiger charge is -2.23. The van der Waals surface area contributed by atoms with Gasteiger partial charge < -0.3 is 5.32 Å². The summed E-state index contributed by atoms with van der Waals surface area (Å²) in [6.45, 7) is 0. The molecule has 0 fully saturated rings. The fourth-order valence-corrected chi connectivity index (χ4v) is 7.00. The van der Waals surface area contributed by atoms with Gasteiger partial charge in [0.1, 0.15) is 11.7 Å². The van der Waals surface area contributed by atoms with Crippen LogP contribution >= 0.6 is 11.3 Å². The van der Waals surface area contributed by atoms with E-state index >= 15 is 0 Å². The van der Waals surface area contributed by atoms with Crippen LogP contribution in [0.2, 0.25) is 0 Å². The van der Waals surface area contributed by atoms with E-state index in [9.17, 15) is 2.74 Å². The molecule has 1 atom stereocenters. The largest absolute Gasteiger partial charge is 0.324 e. The average Bonchev–Trinajstić information content (AvgIpc) is 3.69. The second-order valence-electron chi connectivity index (χ2n) is 11.4. The fourth-order valence-electron chi connectivity index (χ4n) is 5.93. The van der Waals surface area contributed by atoms with Crippen LogP contribution in [0.25, 0.3) is 53.6 Å². The Hall–Kier alpha value is -6.10. The molecule has 0 bridgehead atoms. The molecule has 1 aromatic heterocycles. The van der Waals surface area contributed by atoms with E-state index in [-0.39, 0.29) is 48.7 Å². The second-order valence-corrected chi connectivity index (χ2v) is 12.4. The minimum atomic E-state index is -0.881. The molecule has 1 unspecified atom stereocenters. The molecular weight excluding hydrogens is 615 g/mol. The lowest BCUT2D eigenvalue weighted by Crippen LogP contribution is -2.36. The molecule has 9 rings (SSSR count). The molecule has 0 saturated heterocycles. The standard InChI is InChI=1S/C45H31N3S/c1-3-12-30(13-4-1)32-24-26-33(27-25-32)43-46-44(36-18-9-16-34(28-36)31-14-5-2-6-15-31)48-45(47-43)37-19-10-17-35(29-37)38-21-11-22-40-39-20-7-8-23-41(39)49-42(38)40/h1-29,44H,(H,46,47,48)/i7D,8D,10D,11D,17D,19D,20D,21D,22D,23D,29D. The lowest BCUT2D eigenvalue weighted by atomic mass is 9.99. The third kappa shape index (κ3) is 5.62. The Labute approximate surface area is 305 Å². The number of hydrogen-bond acceptors (Lipinski definition) is 4. The highest BCUT2D eigenvalue weighted by Crippen LogP contribution is 2.40. The average molecular weight is 657 g/mol. The van der Waals surface area contributed by atoms with Gasteiger partial charge in [-0.15, -0.1) is 11.3 Å². The van der Waals surface area contributed by atoms with Gasteiger partial charge in [0.15, 0.2) is 6.17 Å². The molecule has 3 nitrogen and oxygen atoms in total. The fraction of sp³-hybridized carbons (Fsp3) is 0.0222. The predicted octanol–water partition coefficient (Wildman–Crippen LogP) is 11.6. The first-order valence-electron chi connectivity index (χ1n) is 21.1. The highest BCUT2D eigenvalue weighted by atomic mass is 32.1. The highest BCUT2D eigenvalue weighted by molar-refractivity contribution is 7.26. The summed E-state index contributed by atoms with van der Waals surface area (Å²) in [4.78, 5) is 9.97. The molecule has 0 amide bonds. The third-order valence-corrected chi connectivity index (χ3v) is 9.47. The van der Waals surface area contributed by atoms with Gasteiger partial charge in [0.2, 0.25) is 0 Å².